The maximum atomic E-state index is 3.74. The summed E-state index contributed by atoms with van der Waals surface area (Å²) in [6, 6.07) is 7.23. The van der Waals surface area contributed by atoms with E-state index >= 15 is 0 Å². The molecule has 0 bridgehead atoms. The molecule has 2 atom stereocenters. The molecule has 1 nitrogen and oxygen atoms in total. The third kappa shape index (κ3) is 4.99. The highest BCUT2D eigenvalue weighted by molar-refractivity contribution is 5.35. The Kier molecular flexibility index (Phi) is 7.15. The summed E-state index contributed by atoms with van der Waals surface area (Å²) in [5, 5.41) is 3.74. The van der Waals surface area contributed by atoms with Crippen LogP contribution in [-0.2, 0) is 0 Å². The quantitative estimate of drug-likeness (QED) is 0.680. The van der Waals surface area contributed by atoms with Gasteiger partial charge in [0.1, 0.15) is 0 Å². The molecule has 0 radical (unpaired) electrons. The Morgan fingerprint density at radius 1 is 1.11 bits per heavy atom. The summed E-state index contributed by atoms with van der Waals surface area (Å²) in [5.41, 5.74) is 4.36. The Bertz CT molecular complexity index is 370. The zero-order valence-corrected chi connectivity index (χ0v) is 13.4. The summed E-state index contributed by atoms with van der Waals surface area (Å²) >= 11 is 0. The molecule has 1 aromatic carbocycles. The van der Waals surface area contributed by atoms with Gasteiger partial charge in [-0.3, -0.25) is 0 Å². The summed E-state index contributed by atoms with van der Waals surface area (Å²) < 4.78 is 0. The van der Waals surface area contributed by atoms with Crippen molar-refractivity contribution in [2.75, 3.05) is 6.54 Å². The fraction of sp³-hybridized carbons (Fsp3) is 0.667. The molecule has 1 heteroatoms. The summed E-state index contributed by atoms with van der Waals surface area (Å²) in [6.45, 7) is 12.5. The van der Waals surface area contributed by atoms with Crippen LogP contribution >= 0.6 is 0 Å². The van der Waals surface area contributed by atoms with Gasteiger partial charge in [-0.1, -0.05) is 51.8 Å². The van der Waals surface area contributed by atoms with Gasteiger partial charge in [-0.2, -0.15) is 0 Å². The maximum Gasteiger partial charge on any atom is 0.0325 e. The van der Waals surface area contributed by atoms with Crippen molar-refractivity contribution in [3.05, 3.63) is 34.9 Å². The van der Waals surface area contributed by atoms with Gasteiger partial charge in [0.2, 0.25) is 0 Å². The van der Waals surface area contributed by atoms with Crippen molar-refractivity contribution in [3.63, 3.8) is 0 Å². The molecule has 0 aromatic heterocycles. The molecular weight excluding hydrogens is 230 g/mol. The molecule has 0 amide bonds. The lowest BCUT2D eigenvalue weighted by Gasteiger charge is -2.25. The van der Waals surface area contributed by atoms with Crippen LogP contribution in [0.25, 0.3) is 0 Å². The number of rotatable bonds is 8. The Labute approximate surface area is 119 Å². The number of hydrogen-bond acceptors (Lipinski definition) is 1. The summed E-state index contributed by atoms with van der Waals surface area (Å²) in [6.07, 6.45) is 5.06. The lowest BCUT2D eigenvalue weighted by molar-refractivity contribution is 0.389. The molecule has 0 aliphatic heterocycles. The molecule has 0 aliphatic carbocycles. The van der Waals surface area contributed by atoms with E-state index in [2.05, 4.69) is 58.1 Å². The van der Waals surface area contributed by atoms with Crippen molar-refractivity contribution >= 4 is 0 Å². The second kappa shape index (κ2) is 8.37. The average molecular weight is 261 g/mol. The normalized spacial score (nSPS) is 14.4. The van der Waals surface area contributed by atoms with Crippen LogP contribution in [-0.4, -0.2) is 6.54 Å². The fourth-order valence-electron chi connectivity index (χ4n) is 2.80. The standard InChI is InChI=1S/C18H31N/c1-6-9-14(3)13-18(19-12-7-2)17-11-8-10-15(4)16(17)5/h8,10-11,14,18-19H,6-7,9,12-13H2,1-5H3. The van der Waals surface area contributed by atoms with Gasteiger partial charge in [0.15, 0.2) is 0 Å². The van der Waals surface area contributed by atoms with Crippen molar-refractivity contribution in [2.24, 2.45) is 5.92 Å². The first-order valence-corrected chi connectivity index (χ1v) is 7.89. The number of benzene rings is 1. The Morgan fingerprint density at radius 2 is 1.84 bits per heavy atom. The topological polar surface area (TPSA) is 12.0 Å². The predicted molar refractivity (Wildman–Crippen MR) is 85.6 cm³/mol. The lowest BCUT2D eigenvalue weighted by Crippen LogP contribution is -2.25. The minimum atomic E-state index is 0.515. The molecule has 1 N–H and O–H groups in total. The fourth-order valence-corrected chi connectivity index (χ4v) is 2.80. The van der Waals surface area contributed by atoms with Gasteiger partial charge in [0.25, 0.3) is 0 Å². The molecule has 0 saturated heterocycles. The molecule has 0 aliphatic rings. The molecule has 0 heterocycles. The second-order valence-electron chi connectivity index (χ2n) is 5.93. The zero-order chi connectivity index (χ0) is 14.3. The molecule has 0 fully saturated rings. The number of hydrogen-bond donors (Lipinski definition) is 1. The highest BCUT2D eigenvalue weighted by Crippen LogP contribution is 2.27. The van der Waals surface area contributed by atoms with Crippen LogP contribution in [0.5, 0.6) is 0 Å². The minimum absolute atomic E-state index is 0.515. The van der Waals surface area contributed by atoms with Crippen LogP contribution in [0.1, 0.15) is 69.2 Å². The first kappa shape index (κ1) is 16.2. The Balaban J connectivity index is 2.85. The third-order valence-electron chi connectivity index (χ3n) is 4.08. The predicted octanol–water partition coefficient (Wildman–Crippen LogP) is 5.17. The van der Waals surface area contributed by atoms with Gasteiger partial charge in [0, 0.05) is 6.04 Å². The molecule has 0 spiro atoms. The minimum Gasteiger partial charge on any atom is -0.310 e. The molecule has 19 heavy (non-hydrogen) atoms. The molecular formula is C18H31N. The zero-order valence-electron chi connectivity index (χ0n) is 13.4. The van der Waals surface area contributed by atoms with E-state index in [1.807, 2.05) is 0 Å². The van der Waals surface area contributed by atoms with Crippen molar-refractivity contribution in [2.45, 2.75) is 66.3 Å². The number of aryl methyl sites for hydroxylation is 1. The SMILES string of the molecule is CCCNC(CC(C)CCC)c1cccc(C)c1C. The van der Waals surface area contributed by atoms with Crippen LogP contribution in [0.3, 0.4) is 0 Å². The van der Waals surface area contributed by atoms with E-state index in [4.69, 9.17) is 0 Å². The van der Waals surface area contributed by atoms with Crippen LogP contribution < -0.4 is 5.32 Å². The second-order valence-corrected chi connectivity index (χ2v) is 5.93. The molecule has 108 valence electrons. The van der Waals surface area contributed by atoms with Gasteiger partial charge < -0.3 is 5.32 Å². The lowest BCUT2D eigenvalue weighted by atomic mass is 9.89. The molecule has 0 saturated carbocycles. The number of nitrogens with one attached hydrogen (secondary N) is 1. The average Bonchev–Trinajstić information content (AvgIpc) is 2.38. The van der Waals surface area contributed by atoms with E-state index in [0.717, 1.165) is 12.5 Å². The van der Waals surface area contributed by atoms with E-state index in [1.54, 1.807) is 0 Å². The van der Waals surface area contributed by atoms with Gasteiger partial charge in [-0.15, -0.1) is 0 Å². The van der Waals surface area contributed by atoms with Gasteiger partial charge in [-0.05, 0) is 55.8 Å². The van der Waals surface area contributed by atoms with Crippen LogP contribution in [0.15, 0.2) is 18.2 Å². The van der Waals surface area contributed by atoms with Gasteiger partial charge in [-0.25, -0.2) is 0 Å². The summed E-state index contributed by atoms with van der Waals surface area (Å²) in [5.74, 6) is 0.791. The van der Waals surface area contributed by atoms with E-state index < -0.39 is 0 Å². The van der Waals surface area contributed by atoms with Crippen molar-refractivity contribution in [3.8, 4) is 0 Å². The van der Waals surface area contributed by atoms with E-state index in [0.29, 0.717) is 6.04 Å². The monoisotopic (exact) mass is 261 g/mol. The first-order chi connectivity index (χ1) is 9.10. The smallest absolute Gasteiger partial charge is 0.0325 e. The van der Waals surface area contributed by atoms with E-state index in [1.165, 1.54) is 42.4 Å². The van der Waals surface area contributed by atoms with Crippen LogP contribution in [0.4, 0.5) is 0 Å². The van der Waals surface area contributed by atoms with E-state index in [9.17, 15) is 0 Å². The Hall–Kier alpha value is -0.820. The first-order valence-electron chi connectivity index (χ1n) is 7.89. The summed E-state index contributed by atoms with van der Waals surface area (Å²) in [4.78, 5) is 0. The van der Waals surface area contributed by atoms with Crippen LogP contribution in [0, 0.1) is 19.8 Å². The highest BCUT2D eigenvalue weighted by atomic mass is 14.9. The molecule has 1 rings (SSSR count). The van der Waals surface area contributed by atoms with Crippen LogP contribution in [0.2, 0.25) is 0 Å². The molecule has 1 aromatic rings. The largest absolute Gasteiger partial charge is 0.310 e. The highest BCUT2D eigenvalue weighted by Gasteiger charge is 2.16. The molecule has 2 unspecified atom stereocenters. The third-order valence-corrected chi connectivity index (χ3v) is 4.08. The van der Waals surface area contributed by atoms with E-state index in [-0.39, 0.29) is 0 Å². The van der Waals surface area contributed by atoms with Gasteiger partial charge >= 0.3 is 0 Å². The van der Waals surface area contributed by atoms with Gasteiger partial charge in [0.05, 0.1) is 0 Å². The van der Waals surface area contributed by atoms with Crippen molar-refractivity contribution in [1.82, 2.24) is 5.32 Å². The maximum absolute atomic E-state index is 3.74. The van der Waals surface area contributed by atoms with Crippen molar-refractivity contribution < 1.29 is 0 Å². The van der Waals surface area contributed by atoms with Crippen molar-refractivity contribution in [1.29, 1.82) is 0 Å². The summed E-state index contributed by atoms with van der Waals surface area (Å²) in [7, 11) is 0. The Morgan fingerprint density at radius 3 is 2.47 bits per heavy atom.